The van der Waals surface area contributed by atoms with Gasteiger partial charge in [-0.3, -0.25) is 0 Å². The van der Waals surface area contributed by atoms with E-state index in [1.807, 2.05) is 43.3 Å². The lowest BCUT2D eigenvalue weighted by atomic mass is 10.0. The van der Waals surface area contributed by atoms with Crippen molar-refractivity contribution in [2.75, 3.05) is 31.5 Å². The van der Waals surface area contributed by atoms with Crippen LogP contribution in [0.3, 0.4) is 0 Å². The Morgan fingerprint density at radius 1 is 0.744 bits per heavy atom. The molecule has 2 aliphatic carbocycles. The molecule has 2 aliphatic rings. The number of hydrogen-bond acceptors (Lipinski definition) is 6. The van der Waals surface area contributed by atoms with Crippen molar-refractivity contribution in [3.05, 3.63) is 94.4 Å². The molecule has 0 aliphatic heterocycles. The fourth-order valence-corrected chi connectivity index (χ4v) is 6.03. The van der Waals surface area contributed by atoms with E-state index in [4.69, 9.17) is 9.47 Å². The van der Waals surface area contributed by atoms with Gasteiger partial charge in [-0.15, -0.1) is 24.8 Å². The Morgan fingerprint density at radius 3 is 1.95 bits per heavy atom. The number of nitrogens with one attached hydrogen (secondary N) is 1. The van der Waals surface area contributed by atoms with Gasteiger partial charge in [0.05, 0.1) is 14.2 Å². The van der Waals surface area contributed by atoms with E-state index in [0.29, 0.717) is 5.92 Å². The number of aryl methyl sites for hydroxylation is 2. The van der Waals surface area contributed by atoms with Crippen LogP contribution in [0.5, 0.6) is 11.5 Å². The SMILES string of the molecule is COc1ccc(N(C)c2cc(C)cc3c2CC(C)C3)cc1.COc1ccc(Nc2nc(C)nc3c2CC(C)C3)cc1.Cl.Cl. The maximum Gasteiger partial charge on any atom is 0.137 e. The van der Waals surface area contributed by atoms with Gasteiger partial charge in [0.1, 0.15) is 23.1 Å². The van der Waals surface area contributed by atoms with Crippen molar-refractivity contribution in [3.8, 4) is 11.5 Å². The van der Waals surface area contributed by atoms with Crippen LogP contribution in [-0.2, 0) is 25.7 Å². The van der Waals surface area contributed by atoms with Crippen molar-refractivity contribution in [3.63, 3.8) is 0 Å². The fraction of sp³-hybridized carbons (Fsp3) is 0.371. The molecule has 1 heterocycles. The quantitative estimate of drug-likeness (QED) is 0.232. The fourth-order valence-electron chi connectivity index (χ4n) is 6.03. The van der Waals surface area contributed by atoms with Gasteiger partial charge in [0, 0.05) is 35.4 Å². The molecular formula is C35H44Cl2N4O2. The topological polar surface area (TPSA) is 59.5 Å². The van der Waals surface area contributed by atoms with Crippen LogP contribution < -0.4 is 19.7 Å². The van der Waals surface area contributed by atoms with Gasteiger partial charge in [0.15, 0.2) is 0 Å². The number of hydrogen-bond donors (Lipinski definition) is 1. The highest BCUT2D eigenvalue weighted by Crippen LogP contribution is 2.38. The van der Waals surface area contributed by atoms with Crippen LogP contribution in [0, 0.1) is 25.7 Å². The second-order valence-electron chi connectivity index (χ2n) is 11.6. The summed E-state index contributed by atoms with van der Waals surface area (Å²) in [6, 6.07) is 20.8. The largest absolute Gasteiger partial charge is 0.497 e. The zero-order valence-corrected chi connectivity index (χ0v) is 27.9. The summed E-state index contributed by atoms with van der Waals surface area (Å²) in [5, 5.41) is 3.41. The van der Waals surface area contributed by atoms with Gasteiger partial charge in [0.25, 0.3) is 0 Å². The number of halogens is 2. The summed E-state index contributed by atoms with van der Waals surface area (Å²) in [7, 11) is 5.53. The Bertz CT molecular complexity index is 1510. The maximum atomic E-state index is 5.24. The molecule has 0 radical (unpaired) electrons. The number of nitrogens with zero attached hydrogens (tertiary/aromatic N) is 3. The highest BCUT2D eigenvalue weighted by Gasteiger charge is 2.24. The van der Waals surface area contributed by atoms with Crippen molar-refractivity contribution in [2.45, 2.75) is 53.4 Å². The third kappa shape index (κ3) is 7.92. The predicted molar refractivity (Wildman–Crippen MR) is 183 cm³/mol. The number of fused-ring (bicyclic) bond motifs is 2. The van der Waals surface area contributed by atoms with Crippen LogP contribution in [0.2, 0.25) is 0 Å². The van der Waals surface area contributed by atoms with E-state index in [-0.39, 0.29) is 24.8 Å². The minimum absolute atomic E-state index is 0. The van der Waals surface area contributed by atoms with E-state index >= 15 is 0 Å². The lowest BCUT2D eigenvalue weighted by molar-refractivity contribution is 0.415. The third-order valence-electron chi connectivity index (χ3n) is 8.06. The van der Waals surface area contributed by atoms with E-state index < -0.39 is 0 Å². The summed E-state index contributed by atoms with van der Waals surface area (Å²) in [6.07, 6.45) is 4.50. The molecule has 230 valence electrons. The molecule has 0 amide bonds. The first-order chi connectivity index (χ1) is 19.7. The van der Waals surface area contributed by atoms with Crippen LogP contribution in [0.15, 0.2) is 60.7 Å². The highest BCUT2D eigenvalue weighted by atomic mass is 35.5. The maximum absolute atomic E-state index is 5.24. The van der Waals surface area contributed by atoms with E-state index in [9.17, 15) is 0 Å². The first-order valence-corrected chi connectivity index (χ1v) is 14.5. The lowest BCUT2D eigenvalue weighted by Crippen LogP contribution is -2.12. The van der Waals surface area contributed by atoms with Gasteiger partial charge in [-0.2, -0.15) is 0 Å². The molecule has 0 saturated carbocycles. The molecule has 43 heavy (non-hydrogen) atoms. The molecule has 1 N–H and O–H groups in total. The minimum atomic E-state index is 0. The molecule has 6 rings (SSSR count). The summed E-state index contributed by atoms with van der Waals surface area (Å²) >= 11 is 0. The van der Waals surface area contributed by atoms with Crippen LogP contribution >= 0.6 is 24.8 Å². The van der Waals surface area contributed by atoms with E-state index in [0.717, 1.165) is 47.6 Å². The second kappa shape index (κ2) is 14.8. The van der Waals surface area contributed by atoms with Crippen molar-refractivity contribution in [1.82, 2.24) is 9.97 Å². The lowest BCUT2D eigenvalue weighted by Gasteiger charge is -2.23. The first kappa shape index (κ1) is 34.0. The molecule has 1 aromatic heterocycles. The third-order valence-corrected chi connectivity index (χ3v) is 8.06. The molecule has 0 bridgehead atoms. The molecule has 0 spiro atoms. The molecule has 0 fully saturated rings. The van der Waals surface area contributed by atoms with E-state index in [2.05, 4.69) is 72.3 Å². The molecule has 0 saturated heterocycles. The number of benzene rings is 3. The molecule has 8 heteroatoms. The van der Waals surface area contributed by atoms with Crippen LogP contribution in [0.25, 0.3) is 0 Å². The number of ether oxygens (including phenoxy) is 2. The predicted octanol–water partition coefficient (Wildman–Crippen LogP) is 8.62. The van der Waals surface area contributed by atoms with Gasteiger partial charge in [-0.1, -0.05) is 19.9 Å². The Kier molecular flexibility index (Phi) is 11.7. The normalized spacial score (nSPS) is 16.0. The smallest absolute Gasteiger partial charge is 0.137 e. The Labute approximate surface area is 269 Å². The Morgan fingerprint density at radius 2 is 1.33 bits per heavy atom. The molecular weight excluding hydrogens is 579 g/mol. The Hall–Kier alpha value is -3.48. The summed E-state index contributed by atoms with van der Waals surface area (Å²) in [4.78, 5) is 11.4. The summed E-state index contributed by atoms with van der Waals surface area (Å²) in [5.74, 6) is 4.93. The van der Waals surface area contributed by atoms with Crippen molar-refractivity contribution in [1.29, 1.82) is 0 Å². The monoisotopic (exact) mass is 622 g/mol. The summed E-state index contributed by atoms with van der Waals surface area (Å²) < 4.78 is 10.4. The molecule has 2 atom stereocenters. The average molecular weight is 624 g/mol. The van der Waals surface area contributed by atoms with Gasteiger partial charge in [-0.05, 0) is 123 Å². The summed E-state index contributed by atoms with van der Waals surface area (Å²) in [5.41, 5.74) is 10.4. The van der Waals surface area contributed by atoms with Crippen molar-refractivity contribution >= 4 is 47.7 Å². The molecule has 4 aromatic rings. The number of rotatable bonds is 6. The standard InChI is InChI=1S/C19H23NO.C16H19N3O.2ClH/c1-13-9-15-10-14(2)12-19(18(15)11-13)20(3)16-5-7-17(21-4)8-6-16;1-10-8-14-15(9-10)17-11(2)18-16(14)19-12-4-6-13(20-3)7-5-12;;/h5-8,10,12-13H,9,11H2,1-4H3;4-7,10H,8-9H2,1-3H3,(H,17,18,19);2*1H. The van der Waals surface area contributed by atoms with Crippen LogP contribution in [0.1, 0.15) is 47.6 Å². The van der Waals surface area contributed by atoms with Crippen LogP contribution in [0.4, 0.5) is 22.9 Å². The highest BCUT2D eigenvalue weighted by molar-refractivity contribution is 5.85. The van der Waals surface area contributed by atoms with Gasteiger partial charge in [-0.25, -0.2) is 9.97 Å². The van der Waals surface area contributed by atoms with Crippen molar-refractivity contribution < 1.29 is 9.47 Å². The molecule has 2 unspecified atom stereocenters. The number of aromatic nitrogens is 2. The Balaban J connectivity index is 0.000000225. The second-order valence-corrected chi connectivity index (χ2v) is 11.6. The average Bonchev–Trinajstić information content (AvgIpc) is 3.53. The zero-order valence-electron chi connectivity index (χ0n) is 26.2. The molecule has 6 nitrogen and oxygen atoms in total. The van der Waals surface area contributed by atoms with Gasteiger partial charge in [0.2, 0.25) is 0 Å². The number of methoxy groups -OCH3 is 2. The van der Waals surface area contributed by atoms with E-state index in [1.165, 1.54) is 52.2 Å². The van der Waals surface area contributed by atoms with Gasteiger partial charge >= 0.3 is 0 Å². The molecule has 3 aromatic carbocycles. The summed E-state index contributed by atoms with van der Waals surface area (Å²) in [6.45, 7) is 8.73. The van der Waals surface area contributed by atoms with Gasteiger partial charge < -0.3 is 19.7 Å². The first-order valence-electron chi connectivity index (χ1n) is 14.5. The van der Waals surface area contributed by atoms with Crippen molar-refractivity contribution in [2.24, 2.45) is 11.8 Å². The van der Waals surface area contributed by atoms with Crippen LogP contribution in [-0.4, -0.2) is 31.2 Å². The zero-order chi connectivity index (χ0) is 29.1. The minimum Gasteiger partial charge on any atom is -0.497 e. The number of anilines is 4. The van der Waals surface area contributed by atoms with E-state index in [1.54, 1.807) is 14.2 Å².